The average Bonchev–Trinajstić information content (AvgIpc) is 3.15. The molecular formula is C19H21FN4O. The second kappa shape index (κ2) is 6.88. The summed E-state index contributed by atoms with van der Waals surface area (Å²) in [5, 5.41) is 3.34. The molecule has 2 aromatic rings. The van der Waals surface area contributed by atoms with Crippen molar-refractivity contribution in [1.82, 2.24) is 20.2 Å². The van der Waals surface area contributed by atoms with Gasteiger partial charge in [-0.3, -0.25) is 4.79 Å². The van der Waals surface area contributed by atoms with Crippen LogP contribution in [0.15, 0.2) is 30.5 Å². The highest BCUT2D eigenvalue weighted by Gasteiger charge is 2.25. The summed E-state index contributed by atoms with van der Waals surface area (Å²) in [6.07, 6.45) is 3.92. The largest absolute Gasteiger partial charge is 0.338 e. The van der Waals surface area contributed by atoms with Crippen LogP contribution >= 0.6 is 0 Å². The number of hydrogen-bond acceptors (Lipinski definition) is 4. The molecule has 1 amide bonds. The second-order valence-corrected chi connectivity index (χ2v) is 6.76. The van der Waals surface area contributed by atoms with Gasteiger partial charge in [-0.25, -0.2) is 14.4 Å². The molecular weight excluding hydrogens is 319 g/mol. The predicted molar refractivity (Wildman–Crippen MR) is 91.5 cm³/mol. The van der Waals surface area contributed by atoms with Crippen molar-refractivity contribution in [3.63, 3.8) is 0 Å². The van der Waals surface area contributed by atoms with Crippen LogP contribution in [0.25, 0.3) is 0 Å². The van der Waals surface area contributed by atoms with E-state index in [0.717, 1.165) is 43.0 Å². The van der Waals surface area contributed by atoms with Crippen LogP contribution in [0.5, 0.6) is 0 Å². The van der Waals surface area contributed by atoms with Crippen LogP contribution in [0, 0.1) is 5.82 Å². The number of carbonyl (C=O) groups excluding carboxylic acids is 1. The molecule has 0 radical (unpaired) electrons. The Morgan fingerprint density at radius 2 is 2.32 bits per heavy atom. The van der Waals surface area contributed by atoms with Crippen molar-refractivity contribution in [1.29, 1.82) is 0 Å². The maximum absolute atomic E-state index is 13.3. The van der Waals surface area contributed by atoms with Gasteiger partial charge in [0.05, 0.1) is 12.1 Å². The Balaban J connectivity index is 1.44. The number of hydrogen-bond donors (Lipinski definition) is 1. The van der Waals surface area contributed by atoms with E-state index in [1.807, 2.05) is 11.1 Å². The zero-order valence-corrected chi connectivity index (χ0v) is 14.0. The highest BCUT2D eigenvalue weighted by molar-refractivity contribution is 5.79. The Kier molecular flexibility index (Phi) is 4.44. The van der Waals surface area contributed by atoms with Crippen molar-refractivity contribution in [3.05, 3.63) is 58.9 Å². The molecule has 2 aliphatic rings. The van der Waals surface area contributed by atoms with E-state index in [2.05, 4.69) is 10.3 Å². The van der Waals surface area contributed by atoms with Crippen molar-refractivity contribution >= 4 is 5.91 Å². The van der Waals surface area contributed by atoms with E-state index in [4.69, 9.17) is 4.98 Å². The molecule has 1 fully saturated rings. The molecule has 6 heteroatoms. The first-order valence-corrected chi connectivity index (χ1v) is 8.76. The Hall–Kier alpha value is -2.34. The van der Waals surface area contributed by atoms with Crippen molar-refractivity contribution in [2.24, 2.45) is 0 Å². The minimum Gasteiger partial charge on any atom is -0.338 e. The summed E-state index contributed by atoms with van der Waals surface area (Å²) in [4.78, 5) is 23.6. The smallest absolute Gasteiger partial charge is 0.227 e. The third-order valence-corrected chi connectivity index (χ3v) is 4.98. The zero-order valence-electron chi connectivity index (χ0n) is 14.0. The van der Waals surface area contributed by atoms with Gasteiger partial charge in [0, 0.05) is 43.7 Å². The first-order chi connectivity index (χ1) is 12.2. The first-order valence-electron chi connectivity index (χ1n) is 8.76. The van der Waals surface area contributed by atoms with Crippen LogP contribution in [0.1, 0.15) is 35.0 Å². The number of carbonyl (C=O) groups is 1. The molecule has 0 aliphatic carbocycles. The van der Waals surface area contributed by atoms with Gasteiger partial charge >= 0.3 is 0 Å². The minimum absolute atomic E-state index is 0.0142. The summed E-state index contributed by atoms with van der Waals surface area (Å²) >= 11 is 0. The number of halogens is 1. The van der Waals surface area contributed by atoms with E-state index in [0.29, 0.717) is 24.6 Å². The quantitative estimate of drug-likeness (QED) is 0.926. The van der Waals surface area contributed by atoms with Gasteiger partial charge in [0.1, 0.15) is 11.6 Å². The molecule has 2 aliphatic heterocycles. The van der Waals surface area contributed by atoms with E-state index >= 15 is 0 Å². The monoisotopic (exact) mass is 340 g/mol. The standard InChI is InChI=1S/C19H21FN4O/c20-16-3-1-2-13(8-16)9-18(25)24-7-5-17-15(12-24)11-22-19(23-17)14-4-6-21-10-14/h1-3,8,11,14,21H,4-7,9-10,12H2. The van der Waals surface area contributed by atoms with Crippen LogP contribution < -0.4 is 5.32 Å². The lowest BCUT2D eigenvalue weighted by Gasteiger charge is -2.28. The van der Waals surface area contributed by atoms with Gasteiger partial charge in [0.2, 0.25) is 5.91 Å². The lowest BCUT2D eigenvalue weighted by atomic mass is 10.0. The second-order valence-electron chi connectivity index (χ2n) is 6.76. The molecule has 3 heterocycles. The molecule has 1 atom stereocenters. The molecule has 1 aromatic carbocycles. The van der Waals surface area contributed by atoms with Crippen LogP contribution in [0.3, 0.4) is 0 Å². The highest BCUT2D eigenvalue weighted by atomic mass is 19.1. The van der Waals surface area contributed by atoms with Gasteiger partial charge in [-0.2, -0.15) is 0 Å². The third kappa shape index (κ3) is 3.54. The van der Waals surface area contributed by atoms with Crippen molar-refractivity contribution in [2.75, 3.05) is 19.6 Å². The molecule has 0 saturated carbocycles. The van der Waals surface area contributed by atoms with Gasteiger partial charge in [-0.1, -0.05) is 12.1 Å². The van der Waals surface area contributed by atoms with Gasteiger partial charge < -0.3 is 10.2 Å². The Bertz CT molecular complexity index is 789. The number of nitrogens with one attached hydrogen (secondary N) is 1. The van der Waals surface area contributed by atoms with Gasteiger partial charge in [0.15, 0.2) is 0 Å². The summed E-state index contributed by atoms with van der Waals surface area (Å²) in [6.45, 7) is 3.15. The number of fused-ring (bicyclic) bond motifs is 1. The maximum Gasteiger partial charge on any atom is 0.227 e. The van der Waals surface area contributed by atoms with Gasteiger partial charge in [0.25, 0.3) is 0 Å². The van der Waals surface area contributed by atoms with Gasteiger partial charge in [-0.15, -0.1) is 0 Å². The fourth-order valence-electron chi connectivity index (χ4n) is 3.55. The summed E-state index contributed by atoms with van der Waals surface area (Å²) in [7, 11) is 0. The highest BCUT2D eigenvalue weighted by Crippen LogP contribution is 2.23. The van der Waals surface area contributed by atoms with Crippen LogP contribution in [-0.2, 0) is 24.2 Å². The number of rotatable bonds is 3. The molecule has 0 spiro atoms. The molecule has 1 aromatic heterocycles. The minimum atomic E-state index is -0.309. The van der Waals surface area contributed by atoms with Crippen LogP contribution in [0.2, 0.25) is 0 Å². The lowest BCUT2D eigenvalue weighted by Crippen LogP contribution is -2.37. The van der Waals surface area contributed by atoms with Crippen molar-refractivity contribution < 1.29 is 9.18 Å². The molecule has 1 saturated heterocycles. The molecule has 1 N–H and O–H groups in total. The predicted octanol–water partition coefficient (Wildman–Crippen LogP) is 1.82. The van der Waals surface area contributed by atoms with Gasteiger partial charge in [-0.05, 0) is 30.7 Å². The summed E-state index contributed by atoms with van der Waals surface area (Å²) in [6, 6.07) is 6.22. The number of amides is 1. The molecule has 0 bridgehead atoms. The SMILES string of the molecule is O=C(Cc1cccc(F)c1)N1CCc2nc(C3CCNC3)ncc2C1. The lowest BCUT2D eigenvalue weighted by molar-refractivity contribution is -0.131. The molecule has 130 valence electrons. The van der Waals surface area contributed by atoms with Crippen LogP contribution in [0.4, 0.5) is 4.39 Å². The fourth-order valence-corrected chi connectivity index (χ4v) is 3.55. The summed E-state index contributed by atoms with van der Waals surface area (Å²) in [5.41, 5.74) is 2.79. The van der Waals surface area contributed by atoms with Crippen molar-refractivity contribution in [3.8, 4) is 0 Å². The average molecular weight is 340 g/mol. The Labute approximate surface area is 146 Å². The van der Waals surface area contributed by atoms with E-state index in [1.165, 1.54) is 12.1 Å². The number of benzene rings is 1. The molecule has 25 heavy (non-hydrogen) atoms. The Morgan fingerprint density at radius 1 is 1.40 bits per heavy atom. The molecule has 1 unspecified atom stereocenters. The zero-order chi connectivity index (χ0) is 17.2. The van der Waals surface area contributed by atoms with E-state index < -0.39 is 0 Å². The number of aromatic nitrogens is 2. The van der Waals surface area contributed by atoms with Crippen molar-refractivity contribution in [2.45, 2.75) is 31.7 Å². The maximum atomic E-state index is 13.3. The fraction of sp³-hybridized carbons (Fsp3) is 0.421. The van der Waals surface area contributed by atoms with Crippen LogP contribution in [-0.4, -0.2) is 40.4 Å². The Morgan fingerprint density at radius 3 is 3.12 bits per heavy atom. The molecule has 4 rings (SSSR count). The number of nitrogens with zero attached hydrogens (tertiary/aromatic N) is 3. The molecule has 5 nitrogen and oxygen atoms in total. The van der Waals surface area contributed by atoms with E-state index in [9.17, 15) is 9.18 Å². The first kappa shape index (κ1) is 16.1. The summed E-state index contributed by atoms with van der Waals surface area (Å²) < 4.78 is 13.3. The topological polar surface area (TPSA) is 58.1 Å². The third-order valence-electron chi connectivity index (χ3n) is 4.98. The van der Waals surface area contributed by atoms with E-state index in [1.54, 1.807) is 12.1 Å². The summed E-state index contributed by atoms with van der Waals surface area (Å²) in [5.74, 6) is 1.03. The van der Waals surface area contributed by atoms with E-state index in [-0.39, 0.29) is 18.1 Å². The normalized spacial score (nSPS) is 19.7.